The Morgan fingerprint density at radius 1 is 1.11 bits per heavy atom. The van der Waals surface area contributed by atoms with E-state index in [0.29, 0.717) is 13.0 Å². The summed E-state index contributed by atoms with van der Waals surface area (Å²) in [6.45, 7) is 6.66. The van der Waals surface area contributed by atoms with E-state index in [-0.39, 0.29) is 11.6 Å². The topological polar surface area (TPSA) is 20.3 Å². The van der Waals surface area contributed by atoms with Crippen LogP contribution in [0.2, 0.25) is 0 Å². The van der Waals surface area contributed by atoms with Crippen LogP contribution in [0.25, 0.3) is 0 Å². The normalized spacial score (nSPS) is 10.9. The van der Waals surface area contributed by atoms with Gasteiger partial charge in [-0.25, -0.2) is 4.39 Å². The molecule has 0 saturated carbocycles. The predicted octanol–water partition coefficient (Wildman–Crippen LogP) is 3.06. The van der Waals surface area contributed by atoms with Gasteiger partial charge in [-0.2, -0.15) is 0 Å². The summed E-state index contributed by atoms with van der Waals surface area (Å²) in [7, 11) is 0. The molecule has 1 aromatic rings. The van der Waals surface area contributed by atoms with Gasteiger partial charge in [0, 0.05) is 6.42 Å². The van der Waals surface area contributed by atoms with Crippen LogP contribution in [-0.2, 0) is 11.2 Å². The van der Waals surface area contributed by atoms with Crippen molar-refractivity contribution in [1.82, 2.24) is 4.90 Å². The number of hydrogen-bond acceptors (Lipinski definition) is 2. The zero-order valence-corrected chi connectivity index (χ0v) is 11.3. The molecule has 0 N–H and O–H groups in total. The van der Waals surface area contributed by atoms with Crippen LogP contribution in [0.3, 0.4) is 0 Å². The van der Waals surface area contributed by atoms with E-state index in [1.54, 1.807) is 12.1 Å². The van der Waals surface area contributed by atoms with Crippen LogP contribution in [0.4, 0.5) is 4.39 Å². The number of carbonyl (C=O) groups excluding carboxylic acids is 1. The molecule has 100 valence electrons. The van der Waals surface area contributed by atoms with Gasteiger partial charge < -0.3 is 0 Å². The quantitative estimate of drug-likeness (QED) is 0.707. The van der Waals surface area contributed by atoms with E-state index in [4.69, 9.17) is 0 Å². The Bertz CT molecular complexity index is 355. The minimum absolute atomic E-state index is 0.198. The first kappa shape index (κ1) is 14.8. The Labute approximate surface area is 109 Å². The largest absolute Gasteiger partial charge is 0.298 e. The SMILES string of the molecule is CCCN(CCC)CC(=O)Cc1ccc(F)cc1. The minimum atomic E-state index is -0.259. The maximum absolute atomic E-state index is 12.7. The lowest BCUT2D eigenvalue weighted by molar-refractivity contribution is -0.119. The first-order valence-corrected chi connectivity index (χ1v) is 6.64. The molecule has 0 atom stereocenters. The molecule has 0 aliphatic heterocycles. The molecule has 0 spiro atoms. The maximum Gasteiger partial charge on any atom is 0.151 e. The van der Waals surface area contributed by atoms with Crippen LogP contribution in [0, 0.1) is 5.82 Å². The van der Waals surface area contributed by atoms with Crippen LogP contribution in [-0.4, -0.2) is 30.3 Å². The third-order valence-corrected chi connectivity index (χ3v) is 2.79. The van der Waals surface area contributed by atoms with Crippen molar-refractivity contribution >= 4 is 5.78 Å². The first-order valence-electron chi connectivity index (χ1n) is 6.64. The average molecular weight is 251 g/mol. The van der Waals surface area contributed by atoms with Gasteiger partial charge in [0.25, 0.3) is 0 Å². The lowest BCUT2D eigenvalue weighted by Crippen LogP contribution is -2.32. The van der Waals surface area contributed by atoms with Gasteiger partial charge in [0.15, 0.2) is 5.78 Å². The molecule has 0 amide bonds. The summed E-state index contributed by atoms with van der Waals surface area (Å²) >= 11 is 0. The van der Waals surface area contributed by atoms with Gasteiger partial charge in [-0.3, -0.25) is 9.69 Å². The molecule has 3 heteroatoms. The van der Waals surface area contributed by atoms with E-state index >= 15 is 0 Å². The smallest absolute Gasteiger partial charge is 0.151 e. The number of rotatable bonds is 8. The van der Waals surface area contributed by atoms with Gasteiger partial charge >= 0.3 is 0 Å². The summed E-state index contributed by atoms with van der Waals surface area (Å²) in [6.07, 6.45) is 2.51. The van der Waals surface area contributed by atoms with Crippen LogP contribution in [0.5, 0.6) is 0 Å². The lowest BCUT2D eigenvalue weighted by atomic mass is 10.1. The summed E-state index contributed by atoms with van der Waals surface area (Å²) in [5.74, 6) is -0.0618. The zero-order valence-electron chi connectivity index (χ0n) is 11.3. The highest BCUT2D eigenvalue weighted by atomic mass is 19.1. The van der Waals surface area contributed by atoms with Crippen molar-refractivity contribution in [3.05, 3.63) is 35.6 Å². The van der Waals surface area contributed by atoms with Gasteiger partial charge in [-0.1, -0.05) is 26.0 Å². The second kappa shape index (κ2) is 7.98. The minimum Gasteiger partial charge on any atom is -0.298 e. The molecule has 0 heterocycles. The fourth-order valence-corrected chi connectivity index (χ4v) is 2.04. The summed E-state index contributed by atoms with van der Waals surface area (Å²) in [4.78, 5) is 14.1. The van der Waals surface area contributed by atoms with Crippen molar-refractivity contribution in [3.63, 3.8) is 0 Å². The van der Waals surface area contributed by atoms with Crippen LogP contribution < -0.4 is 0 Å². The van der Waals surface area contributed by atoms with Crippen molar-refractivity contribution in [2.45, 2.75) is 33.1 Å². The van der Waals surface area contributed by atoms with Gasteiger partial charge in [-0.05, 0) is 43.6 Å². The summed E-state index contributed by atoms with van der Waals surface area (Å²) < 4.78 is 12.7. The molecule has 0 aromatic heterocycles. The zero-order chi connectivity index (χ0) is 13.4. The van der Waals surface area contributed by atoms with E-state index in [0.717, 1.165) is 31.5 Å². The summed E-state index contributed by atoms with van der Waals surface area (Å²) in [6, 6.07) is 6.16. The van der Waals surface area contributed by atoms with E-state index in [1.165, 1.54) is 12.1 Å². The lowest BCUT2D eigenvalue weighted by Gasteiger charge is -2.19. The highest BCUT2D eigenvalue weighted by Gasteiger charge is 2.09. The summed E-state index contributed by atoms with van der Waals surface area (Å²) in [5.41, 5.74) is 0.884. The number of benzene rings is 1. The molecule has 0 aliphatic rings. The number of halogens is 1. The fourth-order valence-electron chi connectivity index (χ4n) is 2.04. The molecular weight excluding hydrogens is 229 g/mol. The van der Waals surface area contributed by atoms with Gasteiger partial charge in [0.2, 0.25) is 0 Å². The van der Waals surface area contributed by atoms with Crippen molar-refractivity contribution in [1.29, 1.82) is 0 Å². The Morgan fingerprint density at radius 3 is 2.17 bits per heavy atom. The van der Waals surface area contributed by atoms with Gasteiger partial charge in [-0.15, -0.1) is 0 Å². The van der Waals surface area contributed by atoms with Gasteiger partial charge in [0.05, 0.1) is 6.54 Å². The Balaban J connectivity index is 2.46. The van der Waals surface area contributed by atoms with E-state index in [9.17, 15) is 9.18 Å². The van der Waals surface area contributed by atoms with Crippen LogP contribution in [0.15, 0.2) is 24.3 Å². The first-order chi connectivity index (χ1) is 8.65. The molecule has 0 unspecified atom stereocenters. The van der Waals surface area contributed by atoms with E-state index < -0.39 is 0 Å². The van der Waals surface area contributed by atoms with Crippen molar-refractivity contribution < 1.29 is 9.18 Å². The number of Topliss-reactive ketones (excluding diaryl/α,β-unsaturated/α-hetero) is 1. The number of ketones is 1. The molecule has 0 bridgehead atoms. The third kappa shape index (κ3) is 5.41. The molecule has 0 radical (unpaired) electrons. The number of carbonyl (C=O) groups is 1. The Hall–Kier alpha value is -1.22. The average Bonchev–Trinajstić information content (AvgIpc) is 2.33. The van der Waals surface area contributed by atoms with E-state index in [2.05, 4.69) is 18.7 Å². The predicted molar refractivity (Wildman–Crippen MR) is 72.1 cm³/mol. The molecule has 2 nitrogen and oxygen atoms in total. The van der Waals surface area contributed by atoms with Crippen molar-refractivity contribution in [2.24, 2.45) is 0 Å². The van der Waals surface area contributed by atoms with Gasteiger partial charge in [0.1, 0.15) is 5.82 Å². The standard InChI is InChI=1S/C15H22FNO/c1-3-9-17(10-4-2)12-15(18)11-13-5-7-14(16)8-6-13/h5-8H,3-4,9-12H2,1-2H3. The monoisotopic (exact) mass is 251 g/mol. The summed E-state index contributed by atoms with van der Waals surface area (Å²) in [5, 5.41) is 0. The highest BCUT2D eigenvalue weighted by molar-refractivity contribution is 5.82. The Morgan fingerprint density at radius 2 is 1.67 bits per heavy atom. The van der Waals surface area contributed by atoms with Crippen molar-refractivity contribution in [3.8, 4) is 0 Å². The fraction of sp³-hybridized carbons (Fsp3) is 0.533. The molecule has 0 fully saturated rings. The Kier molecular flexibility index (Phi) is 6.58. The van der Waals surface area contributed by atoms with Crippen LogP contribution >= 0.6 is 0 Å². The molecule has 18 heavy (non-hydrogen) atoms. The third-order valence-electron chi connectivity index (χ3n) is 2.79. The van der Waals surface area contributed by atoms with Crippen LogP contribution in [0.1, 0.15) is 32.3 Å². The molecular formula is C15H22FNO. The second-order valence-corrected chi connectivity index (χ2v) is 4.62. The van der Waals surface area contributed by atoms with E-state index in [1.807, 2.05) is 0 Å². The molecule has 1 rings (SSSR count). The highest BCUT2D eigenvalue weighted by Crippen LogP contribution is 2.05. The molecule has 0 aliphatic carbocycles. The van der Waals surface area contributed by atoms with Crippen molar-refractivity contribution in [2.75, 3.05) is 19.6 Å². The second-order valence-electron chi connectivity index (χ2n) is 4.62. The molecule has 1 aromatic carbocycles. The maximum atomic E-state index is 12.7. The molecule has 0 saturated heterocycles. The number of hydrogen-bond donors (Lipinski definition) is 0. The number of nitrogens with zero attached hydrogens (tertiary/aromatic N) is 1.